The Kier molecular flexibility index (Phi) is 3.95. The van der Waals surface area contributed by atoms with Gasteiger partial charge in [-0.25, -0.2) is 4.98 Å². The van der Waals surface area contributed by atoms with Crippen molar-refractivity contribution in [1.29, 1.82) is 0 Å². The van der Waals surface area contributed by atoms with Crippen LogP contribution in [0.25, 0.3) is 28.1 Å². The van der Waals surface area contributed by atoms with Crippen LogP contribution in [0, 0.1) is 0 Å². The van der Waals surface area contributed by atoms with E-state index < -0.39 is 0 Å². The van der Waals surface area contributed by atoms with Gasteiger partial charge in [0.2, 0.25) is 0 Å². The number of nitrogens with zero attached hydrogens (tertiary/aromatic N) is 1. The summed E-state index contributed by atoms with van der Waals surface area (Å²) in [4.78, 5) is 4.69. The van der Waals surface area contributed by atoms with Gasteiger partial charge in [-0.05, 0) is 47.5 Å². The summed E-state index contributed by atoms with van der Waals surface area (Å²) in [6, 6.07) is 26.3. The third-order valence-electron chi connectivity index (χ3n) is 4.76. The van der Waals surface area contributed by atoms with Crippen molar-refractivity contribution in [3.8, 4) is 22.6 Å². The summed E-state index contributed by atoms with van der Waals surface area (Å²) >= 11 is 0. The molecule has 4 nitrogen and oxygen atoms in total. The number of rotatable bonds is 3. The molecule has 0 spiro atoms. The molecule has 0 bridgehead atoms. The predicted molar refractivity (Wildman–Crippen MR) is 112 cm³/mol. The maximum absolute atomic E-state index is 5.94. The highest BCUT2D eigenvalue weighted by atomic mass is 16.5. The highest BCUT2D eigenvalue weighted by Gasteiger charge is 2.17. The van der Waals surface area contributed by atoms with Gasteiger partial charge in [-0.3, -0.25) is 0 Å². The van der Waals surface area contributed by atoms with E-state index >= 15 is 0 Å². The fraction of sp³-hybridized carbons (Fsp3) is 0.0417. The standard InChI is InChI=1S/C24H18N2O2/c1-27-20-10-11-21-18(13-20)7-9-19(25-21)15-24-26-22-14-17(8-12-23(22)28-24)16-5-3-2-4-6-16/h2-15,26H,1H3/b24-15-. The molecule has 4 heteroatoms. The molecular formula is C24H18N2O2. The average molecular weight is 366 g/mol. The van der Waals surface area contributed by atoms with E-state index in [-0.39, 0.29) is 0 Å². The lowest BCUT2D eigenvalue weighted by Gasteiger charge is -2.03. The Morgan fingerprint density at radius 3 is 2.64 bits per heavy atom. The first-order valence-electron chi connectivity index (χ1n) is 9.09. The minimum Gasteiger partial charge on any atom is -0.497 e. The number of pyridine rings is 1. The van der Waals surface area contributed by atoms with Crippen molar-refractivity contribution in [1.82, 2.24) is 4.98 Å². The minimum absolute atomic E-state index is 0.667. The van der Waals surface area contributed by atoms with Gasteiger partial charge in [0.05, 0.1) is 24.0 Å². The largest absolute Gasteiger partial charge is 0.497 e. The molecule has 1 aliphatic heterocycles. The highest BCUT2D eigenvalue weighted by Crippen LogP contribution is 2.37. The quantitative estimate of drug-likeness (QED) is 0.504. The van der Waals surface area contributed by atoms with Crippen LogP contribution in [0.2, 0.25) is 0 Å². The Morgan fingerprint density at radius 2 is 1.79 bits per heavy atom. The fourth-order valence-corrected chi connectivity index (χ4v) is 3.33. The molecule has 1 aliphatic rings. The van der Waals surface area contributed by atoms with Crippen molar-refractivity contribution in [2.24, 2.45) is 0 Å². The Morgan fingerprint density at radius 1 is 0.893 bits per heavy atom. The SMILES string of the molecule is COc1ccc2nc(/C=C3/Nc4cc(-c5ccccc5)ccc4O3)ccc2c1. The number of anilines is 1. The zero-order valence-corrected chi connectivity index (χ0v) is 15.3. The summed E-state index contributed by atoms with van der Waals surface area (Å²) in [6.45, 7) is 0. The van der Waals surface area contributed by atoms with Crippen LogP contribution in [-0.2, 0) is 0 Å². The topological polar surface area (TPSA) is 43.4 Å². The van der Waals surface area contributed by atoms with Crippen LogP contribution in [0.3, 0.4) is 0 Å². The first kappa shape index (κ1) is 16.4. The molecule has 4 aromatic rings. The molecule has 0 radical (unpaired) electrons. The van der Waals surface area contributed by atoms with E-state index in [1.165, 1.54) is 5.56 Å². The number of hydrogen-bond donors (Lipinski definition) is 1. The lowest BCUT2D eigenvalue weighted by atomic mass is 10.1. The summed E-state index contributed by atoms with van der Waals surface area (Å²) in [5.41, 5.74) is 5.03. The van der Waals surface area contributed by atoms with E-state index in [4.69, 9.17) is 14.5 Å². The third-order valence-corrected chi connectivity index (χ3v) is 4.76. The number of methoxy groups -OCH3 is 1. The van der Waals surface area contributed by atoms with Gasteiger partial charge in [-0.15, -0.1) is 0 Å². The molecule has 1 N–H and O–H groups in total. The number of fused-ring (bicyclic) bond motifs is 2. The minimum atomic E-state index is 0.667. The second-order valence-electron chi connectivity index (χ2n) is 6.61. The molecule has 0 aliphatic carbocycles. The fourth-order valence-electron chi connectivity index (χ4n) is 3.33. The van der Waals surface area contributed by atoms with Crippen molar-refractivity contribution in [2.75, 3.05) is 12.4 Å². The number of hydrogen-bond acceptors (Lipinski definition) is 4. The molecule has 28 heavy (non-hydrogen) atoms. The van der Waals surface area contributed by atoms with Crippen molar-refractivity contribution >= 4 is 22.7 Å². The van der Waals surface area contributed by atoms with E-state index in [0.717, 1.165) is 39.3 Å². The van der Waals surface area contributed by atoms with Gasteiger partial charge < -0.3 is 14.8 Å². The summed E-state index contributed by atoms with van der Waals surface area (Å²) in [6.07, 6.45) is 1.91. The second kappa shape index (κ2) is 6.74. The predicted octanol–water partition coefficient (Wildman–Crippen LogP) is 5.71. The van der Waals surface area contributed by atoms with Gasteiger partial charge in [0, 0.05) is 11.5 Å². The van der Waals surface area contributed by atoms with E-state index in [0.29, 0.717) is 5.88 Å². The first-order valence-corrected chi connectivity index (χ1v) is 9.09. The van der Waals surface area contributed by atoms with Crippen LogP contribution in [0.15, 0.2) is 84.7 Å². The Labute approximate surface area is 163 Å². The molecule has 0 fully saturated rings. The number of benzene rings is 3. The maximum Gasteiger partial charge on any atom is 0.200 e. The number of nitrogens with one attached hydrogen (secondary N) is 1. The van der Waals surface area contributed by atoms with E-state index in [9.17, 15) is 0 Å². The van der Waals surface area contributed by atoms with Crippen LogP contribution < -0.4 is 14.8 Å². The molecule has 1 aromatic heterocycles. The van der Waals surface area contributed by atoms with Gasteiger partial charge in [0.15, 0.2) is 11.6 Å². The van der Waals surface area contributed by atoms with E-state index in [2.05, 4.69) is 29.6 Å². The van der Waals surface area contributed by atoms with Gasteiger partial charge in [0.25, 0.3) is 0 Å². The smallest absolute Gasteiger partial charge is 0.200 e. The maximum atomic E-state index is 5.94. The van der Waals surface area contributed by atoms with Gasteiger partial charge >= 0.3 is 0 Å². The van der Waals surface area contributed by atoms with Crippen molar-refractivity contribution in [3.05, 3.63) is 90.4 Å². The van der Waals surface area contributed by atoms with Crippen LogP contribution in [0.1, 0.15) is 5.69 Å². The molecule has 2 heterocycles. The lowest BCUT2D eigenvalue weighted by Crippen LogP contribution is -1.97. The molecular weight excluding hydrogens is 348 g/mol. The van der Waals surface area contributed by atoms with Crippen molar-refractivity contribution in [3.63, 3.8) is 0 Å². The van der Waals surface area contributed by atoms with Crippen molar-refractivity contribution < 1.29 is 9.47 Å². The first-order chi connectivity index (χ1) is 13.8. The lowest BCUT2D eigenvalue weighted by molar-refractivity contribution is 0.415. The highest BCUT2D eigenvalue weighted by molar-refractivity contribution is 5.82. The van der Waals surface area contributed by atoms with Crippen molar-refractivity contribution in [2.45, 2.75) is 0 Å². The average Bonchev–Trinajstić information content (AvgIpc) is 3.15. The molecule has 136 valence electrons. The summed E-state index contributed by atoms with van der Waals surface area (Å²) in [5, 5.41) is 4.38. The van der Waals surface area contributed by atoms with E-state index in [1.807, 2.05) is 60.7 Å². The Hall–Kier alpha value is -3.79. The molecule has 0 saturated heterocycles. The summed E-state index contributed by atoms with van der Waals surface area (Å²) < 4.78 is 11.2. The molecule has 0 unspecified atom stereocenters. The molecule has 3 aromatic carbocycles. The normalized spacial score (nSPS) is 13.8. The van der Waals surface area contributed by atoms with Gasteiger partial charge in [-0.2, -0.15) is 0 Å². The zero-order valence-electron chi connectivity index (χ0n) is 15.3. The Balaban J connectivity index is 1.42. The van der Waals surface area contributed by atoms with Gasteiger partial charge in [-0.1, -0.05) is 42.5 Å². The van der Waals surface area contributed by atoms with Gasteiger partial charge in [0.1, 0.15) is 5.75 Å². The third kappa shape index (κ3) is 3.05. The molecule has 5 rings (SSSR count). The van der Waals surface area contributed by atoms with E-state index in [1.54, 1.807) is 7.11 Å². The van der Waals surface area contributed by atoms with Crippen LogP contribution >= 0.6 is 0 Å². The molecule has 0 amide bonds. The summed E-state index contributed by atoms with van der Waals surface area (Å²) in [7, 11) is 1.66. The Bertz CT molecular complexity index is 1200. The van der Waals surface area contributed by atoms with Crippen LogP contribution in [-0.4, -0.2) is 12.1 Å². The van der Waals surface area contributed by atoms with Crippen LogP contribution in [0.5, 0.6) is 11.5 Å². The zero-order chi connectivity index (χ0) is 18.9. The number of ether oxygens (including phenoxy) is 2. The monoisotopic (exact) mass is 366 g/mol. The van der Waals surface area contributed by atoms with Crippen LogP contribution in [0.4, 0.5) is 5.69 Å². The summed E-state index contributed by atoms with van der Waals surface area (Å²) in [5.74, 6) is 2.31. The number of aromatic nitrogens is 1. The second-order valence-corrected chi connectivity index (χ2v) is 6.61. The molecule has 0 saturated carbocycles. The molecule has 0 atom stereocenters.